The average Bonchev–Trinajstić information content (AvgIpc) is 2.42. The second kappa shape index (κ2) is 6.38. The molecule has 118 valence electrons. The van der Waals surface area contributed by atoms with E-state index in [0.717, 1.165) is 20.3 Å². The molecule has 0 saturated heterocycles. The molecule has 0 aliphatic rings. The molecule has 0 aliphatic carbocycles. The van der Waals surface area contributed by atoms with Gasteiger partial charge in [0.1, 0.15) is 0 Å². The number of carbonyl (C=O) groups excluding carboxylic acids is 1. The van der Waals surface area contributed by atoms with Gasteiger partial charge in [0.15, 0.2) is 0 Å². The summed E-state index contributed by atoms with van der Waals surface area (Å²) in [5.41, 5.74) is 0.0664. The van der Waals surface area contributed by atoms with Crippen LogP contribution in [0.4, 0.5) is 22.0 Å². The number of rotatable bonds is 5. The molecule has 21 heavy (non-hydrogen) atoms. The van der Waals surface area contributed by atoms with Crippen LogP contribution in [0.3, 0.4) is 0 Å². The molecule has 8 heteroatoms. The number of benzene rings is 1. The van der Waals surface area contributed by atoms with Crippen molar-refractivity contribution >= 4 is 5.97 Å². The zero-order valence-electron chi connectivity index (χ0n) is 11.2. The third-order valence-corrected chi connectivity index (χ3v) is 2.82. The van der Waals surface area contributed by atoms with Gasteiger partial charge in [-0.25, -0.2) is 4.79 Å². The molecule has 0 spiro atoms. The third-order valence-electron chi connectivity index (χ3n) is 2.82. The van der Waals surface area contributed by atoms with Gasteiger partial charge in [0.25, 0.3) is 0 Å². The third kappa shape index (κ3) is 4.13. The van der Waals surface area contributed by atoms with Gasteiger partial charge in [-0.15, -0.1) is 0 Å². The fraction of sp³-hybridized carbons (Fsp3) is 0.462. The lowest BCUT2D eigenvalue weighted by Crippen LogP contribution is -2.38. The maximum absolute atomic E-state index is 13.1. The van der Waals surface area contributed by atoms with Crippen LogP contribution in [0, 0.1) is 0 Å². The standard InChI is InChI=1S/C13H13F5O3/c1-20-10(7-12(14,15)13(16,17)18)8-4-3-5-9(6-8)11(19)21-2/h3-6,10H,7H2,1-2H3. The molecule has 0 aliphatic heterocycles. The molecule has 1 aromatic carbocycles. The molecule has 0 fully saturated rings. The molecular formula is C13H13F5O3. The van der Waals surface area contributed by atoms with Gasteiger partial charge in [-0.2, -0.15) is 22.0 Å². The van der Waals surface area contributed by atoms with Crippen molar-refractivity contribution in [2.75, 3.05) is 14.2 Å². The van der Waals surface area contributed by atoms with E-state index in [4.69, 9.17) is 4.74 Å². The van der Waals surface area contributed by atoms with Crippen molar-refractivity contribution in [3.63, 3.8) is 0 Å². The van der Waals surface area contributed by atoms with E-state index in [0.29, 0.717) is 0 Å². The van der Waals surface area contributed by atoms with Crippen LogP contribution in [0.1, 0.15) is 28.4 Å². The zero-order chi connectivity index (χ0) is 16.3. The van der Waals surface area contributed by atoms with Crippen LogP contribution in [-0.4, -0.2) is 32.3 Å². The molecule has 1 aromatic rings. The van der Waals surface area contributed by atoms with E-state index in [1.54, 1.807) is 0 Å². The Morgan fingerprint density at radius 2 is 1.81 bits per heavy atom. The average molecular weight is 312 g/mol. The fourth-order valence-electron chi connectivity index (χ4n) is 1.67. The summed E-state index contributed by atoms with van der Waals surface area (Å²) in [6.45, 7) is 0. The number of hydrogen-bond acceptors (Lipinski definition) is 3. The van der Waals surface area contributed by atoms with E-state index >= 15 is 0 Å². The molecule has 0 amide bonds. The highest BCUT2D eigenvalue weighted by atomic mass is 19.4. The molecule has 0 saturated carbocycles. The highest BCUT2D eigenvalue weighted by Gasteiger charge is 2.58. The van der Waals surface area contributed by atoms with Crippen LogP contribution in [0.15, 0.2) is 24.3 Å². The first-order valence-corrected chi connectivity index (χ1v) is 5.78. The molecule has 3 nitrogen and oxygen atoms in total. The number of methoxy groups -OCH3 is 2. The second-order valence-electron chi connectivity index (χ2n) is 4.25. The van der Waals surface area contributed by atoms with Gasteiger partial charge in [0.2, 0.25) is 0 Å². The number of alkyl halides is 5. The summed E-state index contributed by atoms with van der Waals surface area (Å²) in [5.74, 6) is -5.62. The lowest BCUT2D eigenvalue weighted by atomic mass is 10.0. The van der Waals surface area contributed by atoms with Gasteiger partial charge in [-0.05, 0) is 17.7 Å². The first kappa shape index (κ1) is 17.4. The second-order valence-corrected chi connectivity index (χ2v) is 4.25. The van der Waals surface area contributed by atoms with Crippen LogP contribution >= 0.6 is 0 Å². The molecule has 1 rings (SSSR count). The van der Waals surface area contributed by atoms with Crippen LogP contribution in [-0.2, 0) is 9.47 Å². The number of carbonyl (C=O) groups is 1. The van der Waals surface area contributed by atoms with E-state index in [2.05, 4.69) is 4.74 Å². The van der Waals surface area contributed by atoms with E-state index in [1.807, 2.05) is 0 Å². The lowest BCUT2D eigenvalue weighted by Gasteiger charge is -2.24. The van der Waals surface area contributed by atoms with Crippen molar-refractivity contribution in [2.45, 2.75) is 24.6 Å². The van der Waals surface area contributed by atoms with Crippen molar-refractivity contribution in [1.82, 2.24) is 0 Å². The van der Waals surface area contributed by atoms with Crippen molar-refractivity contribution < 1.29 is 36.2 Å². The molecular weight excluding hydrogens is 299 g/mol. The number of ether oxygens (including phenoxy) is 2. The number of halogens is 5. The smallest absolute Gasteiger partial charge is 0.453 e. The highest BCUT2D eigenvalue weighted by molar-refractivity contribution is 5.89. The Labute approximate surface area is 117 Å². The number of hydrogen-bond donors (Lipinski definition) is 0. The largest absolute Gasteiger partial charge is 0.465 e. The minimum atomic E-state index is -5.66. The first-order valence-electron chi connectivity index (χ1n) is 5.78. The van der Waals surface area contributed by atoms with E-state index in [1.165, 1.54) is 18.2 Å². The molecule has 0 heterocycles. The molecule has 0 bridgehead atoms. The summed E-state index contributed by atoms with van der Waals surface area (Å²) >= 11 is 0. The molecule has 0 radical (unpaired) electrons. The van der Waals surface area contributed by atoms with Crippen LogP contribution in [0.25, 0.3) is 0 Å². The zero-order valence-corrected chi connectivity index (χ0v) is 11.2. The Hall–Kier alpha value is -1.70. The Kier molecular flexibility index (Phi) is 5.27. The van der Waals surface area contributed by atoms with Crippen LogP contribution < -0.4 is 0 Å². The Balaban J connectivity index is 3.03. The predicted octanol–water partition coefficient (Wildman–Crippen LogP) is 3.75. The van der Waals surface area contributed by atoms with Crippen molar-refractivity contribution in [3.05, 3.63) is 35.4 Å². The van der Waals surface area contributed by atoms with Gasteiger partial charge < -0.3 is 9.47 Å². The Morgan fingerprint density at radius 1 is 1.19 bits per heavy atom. The maximum atomic E-state index is 13.1. The van der Waals surface area contributed by atoms with Crippen molar-refractivity contribution in [3.8, 4) is 0 Å². The topological polar surface area (TPSA) is 35.5 Å². The van der Waals surface area contributed by atoms with E-state index in [-0.39, 0.29) is 11.1 Å². The normalized spacial score (nSPS) is 13.9. The number of esters is 1. The molecule has 1 unspecified atom stereocenters. The lowest BCUT2D eigenvalue weighted by molar-refractivity contribution is -0.291. The summed E-state index contributed by atoms with van der Waals surface area (Å²) in [4.78, 5) is 11.3. The summed E-state index contributed by atoms with van der Waals surface area (Å²) < 4.78 is 72.0. The first-order chi connectivity index (χ1) is 9.62. The van der Waals surface area contributed by atoms with E-state index < -0.39 is 30.6 Å². The quantitative estimate of drug-likeness (QED) is 0.613. The van der Waals surface area contributed by atoms with Crippen molar-refractivity contribution in [2.24, 2.45) is 0 Å². The van der Waals surface area contributed by atoms with Gasteiger partial charge >= 0.3 is 18.1 Å². The minimum Gasteiger partial charge on any atom is -0.465 e. The van der Waals surface area contributed by atoms with E-state index in [9.17, 15) is 26.7 Å². The molecule has 0 aromatic heterocycles. The predicted molar refractivity (Wildman–Crippen MR) is 63.2 cm³/mol. The Bertz CT molecular complexity index is 499. The summed E-state index contributed by atoms with van der Waals surface area (Å²) in [5, 5.41) is 0. The van der Waals surface area contributed by atoms with Gasteiger partial charge in [0.05, 0.1) is 25.2 Å². The van der Waals surface area contributed by atoms with Gasteiger partial charge in [0, 0.05) is 7.11 Å². The summed E-state index contributed by atoms with van der Waals surface area (Å²) in [7, 11) is 2.14. The maximum Gasteiger partial charge on any atom is 0.453 e. The monoisotopic (exact) mass is 312 g/mol. The van der Waals surface area contributed by atoms with Gasteiger partial charge in [-0.1, -0.05) is 12.1 Å². The highest BCUT2D eigenvalue weighted by Crippen LogP contribution is 2.42. The molecule has 0 N–H and O–H groups in total. The summed E-state index contributed by atoms with van der Waals surface area (Å²) in [6.07, 6.45) is -8.74. The minimum absolute atomic E-state index is 0.0318. The summed E-state index contributed by atoms with van der Waals surface area (Å²) in [6, 6.07) is 5.16. The van der Waals surface area contributed by atoms with Crippen LogP contribution in [0.2, 0.25) is 0 Å². The van der Waals surface area contributed by atoms with Gasteiger partial charge in [-0.3, -0.25) is 0 Å². The fourth-order valence-corrected chi connectivity index (χ4v) is 1.67. The SMILES string of the molecule is COC(=O)c1cccc(C(CC(F)(F)C(F)(F)F)OC)c1. The molecule has 1 atom stereocenters. The van der Waals surface area contributed by atoms with Crippen LogP contribution in [0.5, 0.6) is 0 Å². The Morgan fingerprint density at radius 3 is 2.29 bits per heavy atom. The van der Waals surface area contributed by atoms with Crippen molar-refractivity contribution in [1.29, 1.82) is 0 Å².